The van der Waals surface area contributed by atoms with Crippen LogP contribution in [0.1, 0.15) is 46.4 Å². The Balaban J connectivity index is 1.53. The van der Waals surface area contributed by atoms with Crippen molar-refractivity contribution >= 4 is 29.2 Å². The summed E-state index contributed by atoms with van der Waals surface area (Å²) in [5, 5.41) is 3.30. The van der Waals surface area contributed by atoms with Crippen LogP contribution in [-0.4, -0.2) is 18.5 Å². The standard InChI is InChI=1S/C23H22ClNO5/c1-2-3-13-28-23(27)16-7-9-18(10-8-16)25-22(26)21-12-11-20(30-21)15-29-19-6-4-5-17(24)14-19/h4-12,14H,2-3,13,15H2,1H3,(H,25,26). The number of hydrogen-bond donors (Lipinski definition) is 1. The Morgan fingerprint density at radius 1 is 1.07 bits per heavy atom. The molecule has 0 aliphatic rings. The highest BCUT2D eigenvalue weighted by Crippen LogP contribution is 2.19. The summed E-state index contributed by atoms with van der Waals surface area (Å²) in [6.07, 6.45) is 1.79. The van der Waals surface area contributed by atoms with E-state index in [9.17, 15) is 9.59 Å². The topological polar surface area (TPSA) is 77.8 Å². The Hall–Kier alpha value is -3.25. The number of ether oxygens (including phenoxy) is 2. The summed E-state index contributed by atoms with van der Waals surface area (Å²) in [5.74, 6) is 0.491. The minimum Gasteiger partial charge on any atom is -0.486 e. The zero-order chi connectivity index (χ0) is 21.3. The van der Waals surface area contributed by atoms with E-state index in [-0.39, 0.29) is 18.3 Å². The smallest absolute Gasteiger partial charge is 0.338 e. The lowest BCUT2D eigenvalue weighted by atomic mass is 10.2. The maximum atomic E-state index is 12.4. The number of nitrogens with one attached hydrogen (secondary N) is 1. The molecule has 0 saturated heterocycles. The average molecular weight is 428 g/mol. The van der Waals surface area contributed by atoms with Gasteiger partial charge in [-0.15, -0.1) is 0 Å². The number of furan rings is 1. The van der Waals surface area contributed by atoms with Gasteiger partial charge >= 0.3 is 5.97 Å². The van der Waals surface area contributed by atoms with E-state index in [1.165, 1.54) is 0 Å². The predicted molar refractivity (Wildman–Crippen MR) is 114 cm³/mol. The van der Waals surface area contributed by atoms with Gasteiger partial charge in [0, 0.05) is 10.7 Å². The van der Waals surface area contributed by atoms with Crippen molar-refractivity contribution in [3.8, 4) is 5.75 Å². The van der Waals surface area contributed by atoms with Gasteiger partial charge in [0.25, 0.3) is 5.91 Å². The zero-order valence-corrected chi connectivity index (χ0v) is 17.3. The van der Waals surface area contributed by atoms with E-state index in [4.69, 9.17) is 25.5 Å². The molecule has 1 aromatic heterocycles. The molecule has 0 spiro atoms. The molecule has 0 bridgehead atoms. The largest absolute Gasteiger partial charge is 0.486 e. The highest BCUT2D eigenvalue weighted by molar-refractivity contribution is 6.30. The number of rotatable bonds is 9. The molecule has 0 fully saturated rings. The van der Waals surface area contributed by atoms with Crippen LogP contribution in [0.4, 0.5) is 5.69 Å². The molecule has 6 nitrogen and oxygen atoms in total. The van der Waals surface area contributed by atoms with E-state index in [2.05, 4.69) is 5.32 Å². The van der Waals surface area contributed by atoms with Gasteiger partial charge in [-0.3, -0.25) is 4.79 Å². The van der Waals surface area contributed by atoms with Crippen molar-refractivity contribution in [2.75, 3.05) is 11.9 Å². The lowest BCUT2D eigenvalue weighted by Gasteiger charge is -2.06. The third-order valence-electron chi connectivity index (χ3n) is 4.17. The summed E-state index contributed by atoms with van der Waals surface area (Å²) in [5.41, 5.74) is 0.973. The first kappa shape index (κ1) is 21.5. The van der Waals surface area contributed by atoms with Crippen molar-refractivity contribution in [3.05, 3.63) is 82.8 Å². The van der Waals surface area contributed by atoms with Crippen LogP contribution >= 0.6 is 11.6 Å². The lowest BCUT2D eigenvalue weighted by molar-refractivity contribution is 0.0499. The fourth-order valence-electron chi connectivity index (χ4n) is 2.56. The minimum atomic E-state index is -0.401. The molecule has 1 N–H and O–H groups in total. The molecule has 7 heteroatoms. The summed E-state index contributed by atoms with van der Waals surface area (Å²) in [7, 11) is 0. The van der Waals surface area contributed by atoms with Crippen LogP contribution in [0.3, 0.4) is 0 Å². The van der Waals surface area contributed by atoms with Gasteiger partial charge in [0.05, 0.1) is 12.2 Å². The molecular weight excluding hydrogens is 406 g/mol. The number of halogens is 1. The van der Waals surface area contributed by atoms with Crippen molar-refractivity contribution in [3.63, 3.8) is 0 Å². The van der Waals surface area contributed by atoms with Crippen molar-refractivity contribution < 1.29 is 23.5 Å². The second-order valence-electron chi connectivity index (χ2n) is 6.53. The SMILES string of the molecule is CCCCOC(=O)c1ccc(NC(=O)c2ccc(COc3cccc(Cl)c3)o2)cc1. The van der Waals surface area contributed by atoms with Gasteiger partial charge < -0.3 is 19.2 Å². The Bertz CT molecular complexity index is 997. The highest BCUT2D eigenvalue weighted by Gasteiger charge is 2.13. The van der Waals surface area contributed by atoms with E-state index in [0.717, 1.165) is 12.8 Å². The van der Waals surface area contributed by atoms with Crippen molar-refractivity contribution in [2.24, 2.45) is 0 Å². The quantitative estimate of drug-likeness (QED) is 0.349. The van der Waals surface area contributed by atoms with Crippen molar-refractivity contribution in [1.82, 2.24) is 0 Å². The molecule has 0 saturated carbocycles. The monoisotopic (exact) mass is 427 g/mol. The first-order chi connectivity index (χ1) is 14.5. The van der Waals surface area contributed by atoms with E-state index >= 15 is 0 Å². The van der Waals surface area contributed by atoms with Gasteiger partial charge in [-0.2, -0.15) is 0 Å². The van der Waals surface area contributed by atoms with Gasteiger partial charge in [0.15, 0.2) is 5.76 Å². The molecule has 156 valence electrons. The number of carbonyl (C=O) groups excluding carboxylic acids is 2. The molecular formula is C23H22ClNO5. The molecule has 0 unspecified atom stereocenters. The summed E-state index contributed by atoms with van der Waals surface area (Å²) in [4.78, 5) is 24.3. The number of unbranched alkanes of at least 4 members (excludes halogenated alkanes) is 1. The maximum Gasteiger partial charge on any atom is 0.338 e. The summed E-state index contributed by atoms with van der Waals surface area (Å²) in [6, 6.07) is 16.8. The molecule has 0 aliphatic carbocycles. The van der Waals surface area contributed by atoms with Crippen LogP contribution in [0.25, 0.3) is 0 Å². The normalized spacial score (nSPS) is 10.5. The second kappa shape index (κ2) is 10.5. The van der Waals surface area contributed by atoms with E-state index in [0.29, 0.717) is 34.4 Å². The third kappa shape index (κ3) is 6.12. The Morgan fingerprint density at radius 3 is 2.60 bits per heavy atom. The Kier molecular flexibility index (Phi) is 7.51. The van der Waals surface area contributed by atoms with E-state index in [1.807, 2.05) is 6.92 Å². The van der Waals surface area contributed by atoms with Gasteiger partial charge in [-0.1, -0.05) is 31.0 Å². The number of benzene rings is 2. The number of amides is 1. The van der Waals surface area contributed by atoms with Crippen molar-refractivity contribution in [1.29, 1.82) is 0 Å². The molecule has 1 amide bonds. The highest BCUT2D eigenvalue weighted by atomic mass is 35.5. The molecule has 0 aliphatic heterocycles. The van der Waals surface area contributed by atoms with Crippen LogP contribution < -0.4 is 10.1 Å². The molecule has 3 rings (SSSR count). The van der Waals surface area contributed by atoms with Gasteiger partial charge in [-0.05, 0) is 61.0 Å². The van der Waals surface area contributed by atoms with E-state index in [1.54, 1.807) is 60.7 Å². The number of esters is 1. The van der Waals surface area contributed by atoms with Crippen LogP contribution in [-0.2, 0) is 11.3 Å². The van der Waals surface area contributed by atoms with Gasteiger partial charge in [0.2, 0.25) is 0 Å². The van der Waals surface area contributed by atoms with Crippen LogP contribution in [0.2, 0.25) is 5.02 Å². The van der Waals surface area contributed by atoms with Crippen LogP contribution in [0.5, 0.6) is 5.75 Å². The van der Waals surface area contributed by atoms with Crippen molar-refractivity contribution in [2.45, 2.75) is 26.4 Å². The third-order valence-corrected chi connectivity index (χ3v) is 4.41. The summed E-state index contributed by atoms with van der Waals surface area (Å²) >= 11 is 5.92. The molecule has 2 aromatic carbocycles. The van der Waals surface area contributed by atoms with Crippen LogP contribution in [0, 0.1) is 0 Å². The predicted octanol–water partition coefficient (Wildman–Crippen LogP) is 5.72. The van der Waals surface area contributed by atoms with E-state index < -0.39 is 5.91 Å². The van der Waals surface area contributed by atoms with Gasteiger partial charge in [-0.25, -0.2) is 4.79 Å². The Morgan fingerprint density at radius 2 is 1.87 bits per heavy atom. The van der Waals surface area contributed by atoms with Gasteiger partial charge in [0.1, 0.15) is 18.1 Å². The Labute approximate surface area is 179 Å². The first-order valence-electron chi connectivity index (χ1n) is 9.61. The average Bonchev–Trinajstić information content (AvgIpc) is 3.22. The lowest BCUT2D eigenvalue weighted by Crippen LogP contribution is -2.11. The molecule has 1 heterocycles. The maximum absolute atomic E-state index is 12.4. The number of anilines is 1. The molecule has 0 radical (unpaired) electrons. The zero-order valence-electron chi connectivity index (χ0n) is 16.5. The molecule has 0 atom stereocenters. The summed E-state index contributed by atoms with van der Waals surface area (Å²) < 4.78 is 16.3. The number of carbonyl (C=O) groups is 2. The summed E-state index contributed by atoms with van der Waals surface area (Å²) in [6.45, 7) is 2.59. The first-order valence-corrected chi connectivity index (χ1v) is 9.98. The van der Waals surface area contributed by atoms with Crippen LogP contribution in [0.15, 0.2) is 65.1 Å². The number of hydrogen-bond acceptors (Lipinski definition) is 5. The minimum absolute atomic E-state index is 0.155. The fourth-order valence-corrected chi connectivity index (χ4v) is 2.74. The molecule has 3 aromatic rings. The second-order valence-corrected chi connectivity index (χ2v) is 6.97. The molecule has 30 heavy (non-hydrogen) atoms. The fraction of sp³-hybridized carbons (Fsp3) is 0.217.